The zero-order chi connectivity index (χ0) is 59.7. The van der Waals surface area contributed by atoms with Crippen LogP contribution in [0.5, 0.6) is 5.75 Å². The Bertz CT molecular complexity index is 3030. The third-order valence-electron chi connectivity index (χ3n) is 13.9. The number of carbonyl (C=O) groups excluding carboxylic acids is 6. The average Bonchev–Trinajstić information content (AvgIpc) is 4.31. The van der Waals surface area contributed by atoms with Crippen LogP contribution in [0.15, 0.2) is 79.0 Å². The number of benzene rings is 3. The van der Waals surface area contributed by atoms with Crippen LogP contribution in [-0.2, 0) is 51.4 Å². The smallest absolute Gasteiger partial charge is 0.410 e. The number of halogens is 4. The molecule has 0 radical (unpaired) electrons. The van der Waals surface area contributed by atoms with E-state index in [1.165, 1.54) is 66.6 Å². The standard InChI is InChI=1S/C56H65F4N7O15/c1-30(68)52(76)67(50(56(2,3)4)51-63-40(36-23-35(58)13-14-37(36)59)28-64(51)24-31-9-8-10-34(57)21-31)26-33-25-65(27-38(33)60)55(79)80-29-32-12-15-41(81-54-48(75)46(73)47(74)49(82-54)53(77)78)39(22-32)62-43(70)18-19-61-42(69)11-6-5-7-20-66-44(71)16-17-45(66)72/h8-10,12-17,21-23,28,30,33,38,46-50,54,68,73-75H,5-7,11,18-20,24-27,29H2,1-4H3,(H,61,69)(H,62,70)(H,77,78)/t30-,33+,38+,46+,47+,48-,49+,50+,54-/m1/s1. The first-order valence-corrected chi connectivity index (χ1v) is 26.4. The molecule has 1 aromatic heterocycles. The number of imide groups is 1. The third kappa shape index (κ3) is 15.4. The van der Waals surface area contributed by atoms with Gasteiger partial charge in [-0.1, -0.05) is 45.4 Å². The van der Waals surface area contributed by atoms with Crippen molar-refractivity contribution < 1.29 is 90.9 Å². The molecule has 2 saturated heterocycles. The first-order valence-electron chi connectivity index (χ1n) is 26.4. The summed E-state index contributed by atoms with van der Waals surface area (Å²) in [6.45, 7) is 4.79. The Morgan fingerprint density at radius 3 is 2.27 bits per heavy atom. The second kappa shape index (κ2) is 26.9. The number of alkyl halides is 1. The topological polar surface area (TPSA) is 300 Å². The summed E-state index contributed by atoms with van der Waals surface area (Å²) >= 11 is 0. The van der Waals surface area contributed by atoms with Gasteiger partial charge in [-0.15, -0.1) is 0 Å². The molecule has 0 aliphatic carbocycles. The van der Waals surface area contributed by atoms with Gasteiger partial charge in [-0.25, -0.2) is 32.1 Å². The number of nitrogens with one attached hydrogen (secondary N) is 2. The molecule has 0 unspecified atom stereocenters. The molecule has 7 N–H and O–H groups in total. The molecule has 4 aromatic rings. The van der Waals surface area contributed by atoms with E-state index in [2.05, 4.69) is 10.6 Å². The number of hydrogen-bond acceptors (Lipinski definition) is 15. The molecule has 3 aliphatic rings. The van der Waals surface area contributed by atoms with E-state index in [4.69, 9.17) is 19.2 Å². The number of aliphatic carboxylic acids is 1. The first kappa shape index (κ1) is 61.8. The Balaban J connectivity index is 1.04. The number of rotatable bonds is 23. The van der Waals surface area contributed by atoms with Gasteiger partial charge < -0.3 is 64.7 Å². The van der Waals surface area contributed by atoms with Crippen molar-refractivity contribution in [3.8, 4) is 17.0 Å². The maximum Gasteiger partial charge on any atom is 0.410 e. The summed E-state index contributed by atoms with van der Waals surface area (Å²) in [5.74, 6) is -7.75. The number of carbonyl (C=O) groups is 7. The number of likely N-dealkylation sites (tertiary alicyclic amines) is 1. The summed E-state index contributed by atoms with van der Waals surface area (Å²) in [6.07, 6.45) is -9.38. The molecule has 3 aliphatic heterocycles. The maximum absolute atomic E-state index is 16.3. The number of aliphatic hydroxyl groups is 4. The molecule has 22 nitrogen and oxygen atoms in total. The van der Waals surface area contributed by atoms with E-state index in [0.29, 0.717) is 24.8 Å². The minimum atomic E-state index is -2.04. The number of ether oxygens (including phenoxy) is 3. The molecule has 442 valence electrons. The van der Waals surface area contributed by atoms with E-state index < -0.39 is 133 Å². The van der Waals surface area contributed by atoms with Gasteiger partial charge in [0, 0.05) is 75.4 Å². The monoisotopic (exact) mass is 1150 g/mol. The largest absolute Gasteiger partial charge is 0.479 e. The fraction of sp³-hybridized carbons (Fsp3) is 0.464. The molecule has 4 heterocycles. The number of unbranched alkanes of at least 4 members (excludes halogenated alkanes) is 2. The third-order valence-corrected chi connectivity index (χ3v) is 13.9. The number of nitrogens with zero attached hydrogens (tertiary/aromatic N) is 5. The second-order valence-electron chi connectivity index (χ2n) is 21.3. The van der Waals surface area contributed by atoms with E-state index >= 15 is 8.78 Å². The molecule has 6 amide bonds. The van der Waals surface area contributed by atoms with E-state index in [1.54, 1.807) is 31.4 Å². The summed E-state index contributed by atoms with van der Waals surface area (Å²) < 4.78 is 78.8. The lowest BCUT2D eigenvalue weighted by atomic mass is 9.84. The Kier molecular flexibility index (Phi) is 20.3. The van der Waals surface area contributed by atoms with Crippen LogP contribution in [0.3, 0.4) is 0 Å². The second-order valence-corrected chi connectivity index (χ2v) is 21.3. The number of carboxylic acids is 1. The molecular weight excluding hydrogens is 1090 g/mol. The lowest BCUT2D eigenvalue weighted by Gasteiger charge is -2.41. The molecule has 26 heteroatoms. The average molecular weight is 1150 g/mol. The number of imidazole rings is 1. The van der Waals surface area contributed by atoms with Crippen molar-refractivity contribution in [2.75, 3.05) is 38.0 Å². The van der Waals surface area contributed by atoms with Crippen molar-refractivity contribution in [2.24, 2.45) is 11.3 Å². The SMILES string of the molecule is C[C@@H](O)C(=O)N(C[C@@H]1CN(C(=O)OCc2ccc(O[C@@H]3O[C@H](C(=O)O)[C@@H](O)[C@H](O)[C@H]3O)c(NC(=O)CCNC(=O)CCCCCN3C(=O)C=CC3=O)c2)C[C@@H]1F)[C@@H](c1nc(-c2cc(F)ccc2F)cn1Cc1cccc(F)c1)C(C)(C)C. The van der Waals surface area contributed by atoms with Crippen molar-refractivity contribution in [3.05, 3.63) is 113 Å². The molecule has 0 spiro atoms. The van der Waals surface area contributed by atoms with Crippen LogP contribution in [-0.4, -0.2) is 167 Å². The van der Waals surface area contributed by atoms with Crippen molar-refractivity contribution in [2.45, 2.75) is 122 Å². The summed E-state index contributed by atoms with van der Waals surface area (Å²) in [7, 11) is 0. The normalized spacial score (nSPS) is 21.5. The zero-order valence-corrected chi connectivity index (χ0v) is 45.3. The van der Waals surface area contributed by atoms with Crippen LogP contribution >= 0.6 is 0 Å². The number of aromatic nitrogens is 2. The fourth-order valence-electron chi connectivity index (χ4n) is 9.77. The van der Waals surface area contributed by atoms with Crippen molar-refractivity contribution in [3.63, 3.8) is 0 Å². The van der Waals surface area contributed by atoms with Gasteiger partial charge in [0.15, 0.2) is 6.10 Å². The van der Waals surface area contributed by atoms with Crippen LogP contribution in [0.1, 0.15) is 82.8 Å². The van der Waals surface area contributed by atoms with Crippen LogP contribution in [0, 0.1) is 28.8 Å². The quantitative estimate of drug-likeness (QED) is 0.0312. The lowest BCUT2D eigenvalue weighted by Crippen LogP contribution is -2.61. The number of anilines is 1. The van der Waals surface area contributed by atoms with Gasteiger partial charge in [0.1, 0.15) is 66.2 Å². The molecular formula is C56H65F4N7O15. The highest BCUT2D eigenvalue weighted by atomic mass is 19.1. The predicted octanol–water partition coefficient (Wildman–Crippen LogP) is 4.12. The maximum atomic E-state index is 16.3. The molecule has 0 bridgehead atoms. The highest BCUT2D eigenvalue weighted by Crippen LogP contribution is 2.41. The Morgan fingerprint density at radius 1 is 0.866 bits per heavy atom. The summed E-state index contributed by atoms with van der Waals surface area (Å²) in [6, 6.07) is 11.2. The molecule has 82 heavy (non-hydrogen) atoms. The van der Waals surface area contributed by atoms with Crippen molar-refractivity contribution >= 4 is 47.3 Å². The van der Waals surface area contributed by atoms with Gasteiger partial charge in [-0.2, -0.15) is 0 Å². The molecule has 0 saturated carbocycles. The highest BCUT2D eigenvalue weighted by molar-refractivity contribution is 6.12. The van der Waals surface area contributed by atoms with Gasteiger partial charge in [-0.3, -0.25) is 28.9 Å². The highest BCUT2D eigenvalue weighted by Gasteiger charge is 2.49. The summed E-state index contributed by atoms with van der Waals surface area (Å²) in [5.41, 5.74) is -0.714. The van der Waals surface area contributed by atoms with Gasteiger partial charge in [-0.05, 0) is 78.8 Å². The predicted molar refractivity (Wildman–Crippen MR) is 281 cm³/mol. The molecule has 2 fully saturated rings. The molecule has 9 atom stereocenters. The lowest BCUT2D eigenvalue weighted by molar-refractivity contribution is -0.271. The van der Waals surface area contributed by atoms with Crippen LogP contribution in [0.2, 0.25) is 0 Å². The molecule has 3 aromatic carbocycles. The molecule has 7 rings (SSSR count). The van der Waals surface area contributed by atoms with E-state index in [0.717, 1.165) is 28.0 Å². The van der Waals surface area contributed by atoms with Crippen molar-refractivity contribution in [1.29, 1.82) is 0 Å². The number of carboxylic acid groups (broad SMARTS) is 1. The van der Waals surface area contributed by atoms with Gasteiger partial charge in [0.05, 0.1) is 24.0 Å². The van der Waals surface area contributed by atoms with Crippen molar-refractivity contribution in [1.82, 2.24) is 29.6 Å². The zero-order valence-electron chi connectivity index (χ0n) is 45.3. The first-order chi connectivity index (χ1) is 38.8. The van der Waals surface area contributed by atoms with E-state index in [-0.39, 0.29) is 79.0 Å². The Morgan fingerprint density at radius 2 is 1.59 bits per heavy atom. The van der Waals surface area contributed by atoms with E-state index in [1.807, 2.05) is 0 Å². The number of aliphatic hydroxyl groups excluding tert-OH is 4. The van der Waals surface area contributed by atoms with Gasteiger partial charge >= 0.3 is 12.1 Å². The Hall–Kier alpha value is -7.78. The van der Waals surface area contributed by atoms with Crippen LogP contribution in [0.4, 0.5) is 28.0 Å². The van der Waals surface area contributed by atoms with Crippen LogP contribution < -0.4 is 15.4 Å². The number of hydrogen-bond donors (Lipinski definition) is 7. The van der Waals surface area contributed by atoms with E-state index in [9.17, 15) is 67.9 Å². The minimum absolute atomic E-state index is 0.0299. The van der Waals surface area contributed by atoms with Gasteiger partial charge in [0.25, 0.3) is 17.7 Å². The summed E-state index contributed by atoms with van der Waals surface area (Å²) in [5, 5.41) is 56.9. The minimum Gasteiger partial charge on any atom is -0.479 e. The van der Waals surface area contributed by atoms with Crippen LogP contribution in [0.25, 0.3) is 11.3 Å². The fourth-order valence-corrected chi connectivity index (χ4v) is 9.77. The number of amides is 6. The summed E-state index contributed by atoms with van der Waals surface area (Å²) in [4.78, 5) is 97.2. The van der Waals surface area contributed by atoms with Gasteiger partial charge in [0.2, 0.25) is 18.1 Å². The Labute approximate surface area is 468 Å².